The minimum absolute atomic E-state index is 0. The summed E-state index contributed by atoms with van der Waals surface area (Å²) in [5, 5.41) is 3.71. The summed E-state index contributed by atoms with van der Waals surface area (Å²) in [5.41, 5.74) is 7.75. The first-order valence-corrected chi connectivity index (χ1v) is 8.73. The molecule has 1 heterocycles. The van der Waals surface area contributed by atoms with Crippen molar-refractivity contribution in [3.63, 3.8) is 0 Å². The number of carbonyl (C=O) groups excluding carboxylic acids is 1. The Labute approximate surface area is 164 Å². The van der Waals surface area contributed by atoms with E-state index < -0.39 is 0 Å². The Morgan fingerprint density at radius 3 is 2.54 bits per heavy atom. The highest BCUT2D eigenvalue weighted by atomic mass is 35.5. The Morgan fingerprint density at radius 1 is 1.23 bits per heavy atom. The summed E-state index contributed by atoms with van der Waals surface area (Å²) in [5.74, 6) is -0.0878. The molecule has 0 aliphatic heterocycles. The van der Waals surface area contributed by atoms with Crippen molar-refractivity contribution >= 4 is 41.6 Å². The number of nitrogens with one attached hydrogen (secondary N) is 1. The summed E-state index contributed by atoms with van der Waals surface area (Å²) in [6, 6.07) is 6.29. The molecule has 142 valence electrons. The fraction of sp³-hybridized carbons (Fsp3) is 0.474. The van der Waals surface area contributed by atoms with Crippen LogP contribution in [0.1, 0.15) is 60.5 Å². The van der Waals surface area contributed by atoms with Crippen LogP contribution < -0.4 is 11.1 Å². The first-order chi connectivity index (χ1) is 11.6. The van der Waals surface area contributed by atoms with Crippen molar-refractivity contribution in [2.75, 3.05) is 6.54 Å². The third-order valence-corrected chi connectivity index (χ3v) is 5.36. The van der Waals surface area contributed by atoms with Crippen molar-refractivity contribution < 1.29 is 9.18 Å². The zero-order valence-electron chi connectivity index (χ0n) is 14.5. The molecular formula is C19H24Cl2FN3O. The second-order valence-corrected chi connectivity index (χ2v) is 7.18. The fourth-order valence-corrected chi connectivity index (χ4v) is 3.73. The molecule has 1 aromatic heterocycles. The number of hydrogen-bond donors (Lipinski definition) is 2. The molecule has 0 atom stereocenters. The lowest BCUT2D eigenvalue weighted by molar-refractivity contribution is 0.0904. The van der Waals surface area contributed by atoms with E-state index in [1.54, 1.807) is 6.07 Å². The van der Waals surface area contributed by atoms with Crippen molar-refractivity contribution in [1.29, 1.82) is 0 Å². The van der Waals surface area contributed by atoms with Gasteiger partial charge in [0, 0.05) is 23.5 Å². The van der Waals surface area contributed by atoms with Crippen LogP contribution in [0.4, 0.5) is 4.39 Å². The number of hydrogen-bond acceptors (Lipinski definition) is 3. The summed E-state index contributed by atoms with van der Waals surface area (Å²) in [7, 11) is 0. The number of aromatic nitrogens is 1. The summed E-state index contributed by atoms with van der Waals surface area (Å²) in [6.07, 6.45) is 6.18. The van der Waals surface area contributed by atoms with E-state index in [9.17, 15) is 9.18 Å². The summed E-state index contributed by atoms with van der Waals surface area (Å²) >= 11 is 0. The van der Waals surface area contributed by atoms with Gasteiger partial charge in [-0.15, -0.1) is 24.8 Å². The van der Waals surface area contributed by atoms with Crippen molar-refractivity contribution in [2.24, 2.45) is 5.73 Å². The normalized spacial score (nSPS) is 18.1. The molecule has 0 spiro atoms. The van der Waals surface area contributed by atoms with Crippen LogP contribution in [-0.4, -0.2) is 23.0 Å². The van der Waals surface area contributed by atoms with Crippen molar-refractivity contribution in [2.45, 2.75) is 50.0 Å². The van der Waals surface area contributed by atoms with Crippen LogP contribution in [-0.2, 0) is 0 Å². The Balaban J connectivity index is 0.00000121. The number of fused-ring (bicyclic) bond motifs is 1. The van der Waals surface area contributed by atoms with Gasteiger partial charge in [0.25, 0.3) is 5.91 Å². The Kier molecular flexibility index (Phi) is 6.48. The molecule has 0 saturated heterocycles. The lowest BCUT2D eigenvalue weighted by atomic mass is 9.96. The summed E-state index contributed by atoms with van der Waals surface area (Å²) in [6.45, 7) is 0.436. The second kappa shape index (κ2) is 8.07. The Bertz CT molecular complexity index is 805. The monoisotopic (exact) mass is 399 g/mol. The molecule has 2 aliphatic carbocycles. The Morgan fingerprint density at radius 2 is 1.92 bits per heavy atom. The van der Waals surface area contributed by atoms with Gasteiger partial charge in [0.2, 0.25) is 0 Å². The average molecular weight is 400 g/mol. The molecule has 4 rings (SSSR count). The van der Waals surface area contributed by atoms with E-state index in [2.05, 4.69) is 10.3 Å². The van der Waals surface area contributed by atoms with Crippen molar-refractivity contribution in [1.82, 2.24) is 10.3 Å². The lowest BCUT2D eigenvalue weighted by Gasteiger charge is -2.29. The van der Waals surface area contributed by atoms with Crippen LogP contribution in [0.5, 0.6) is 0 Å². The third-order valence-electron chi connectivity index (χ3n) is 5.36. The highest BCUT2D eigenvalue weighted by molar-refractivity contribution is 6.06. The van der Waals surface area contributed by atoms with Crippen LogP contribution in [0.25, 0.3) is 10.9 Å². The van der Waals surface area contributed by atoms with Gasteiger partial charge in [0.1, 0.15) is 5.82 Å². The minimum atomic E-state index is -0.355. The molecule has 0 radical (unpaired) electrons. The van der Waals surface area contributed by atoms with E-state index in [0.717, 1.165) is 44.2 Å². The number of rotatable bonds is 4. The third kappa shape index (κ3) is 3.95. The zero-order valence-corrected chi connectivity index (χ0v) is 16.1. The van der Waals surface area contributed by atoms with Gasteiger partial charge in [0.15, 0.2) is 0 Å². The molecule has 7 heteroatoms. The number of benzene rings is 1. The van der Waals surface area contributed by atoms with Gasteiger partial charge in [0.05, 0.1) is 16.6 Å². The number of pyridine rings is 1. The van der Waals surface area contributed by atoms with Crippen LogP contribution >= 0.6 is 24.8 Å². The van der Waals surface area contributed by atoms with Gasteiger partial charge in [-0.2, -0.15) is 0 Å². The highest BCUT2D eigenvalue weighted by Gasteiger charge is 2.35. The molecule has 0 bridgehead atoms. The molecule has 26 heavy (non-hydrogen) atoms. The molecule has 2 saturated carbocycles. The molecule has 2 aromatic rings. The number of nitrogens with zero attached hydrogens (tertiary/aromatic N) is 1. The highest BCUT2D eigenvalue weighted by Crippen LogP contribution is 2.40. The van der Waals surface area contributed by atoms with Crippen LogP contribution in [0.15, 0.2) is 24.3 Å². The van der Waals surface area contributed by atoms with Crippen LogP contribution in [0.3, 0.4) is 0 Å². The molecule has 1 amide bonds. The van der Waals surface area contributed by atoms with E-state index in [1.807, 2.05) is 6.07 Å². The van der Waals surface area contributed by atoms with Crippen molar-refractivity contribution in [3.05, 3.63) is 41.3 Å². The molecule has 4 nitrogen and oxygen atoms in total. The van der Waals surface area contributed by atoms with Gasteiger partial charge in [-0.1, -0.05) is 12.8 Å². The van der Waals surface area contributed by atoms with Gasteiger partial charge >= 0.3 is 0 Å². The van der Waals surface area contributed by atoms with E-state index in [0.29, 0.717) is 28.9 Å². The Hall–Kier alpha value is -1.43. The van der Waals surface area contributed by atoms with Crippen LogP contribution in [0.2, 0.25) is 0 Å². The standard InChI is InChI=1S/C19H22FN3O.2ClH/c20-13-5-6-16-14(9-13)15(10-17(22-16)12-3-4-12)18(24)23-19(11-21)7-1-2-8-19;;/h5-6,9-10,12H,1-4,7-8,11,21H2,(H,23,24);2*1H. The summed E-state index contributed by atoms with van der Waals surface area (Å²) < 4.78 is 13.7. The maximum atomic E-state index is 13.7. The minimum Gasteiger partial charge on any atom is -0.345 e. The first kappa shape index (κ1) is 20.9. The van der Waals surface area contributed by atoms with Gasteiger partial charge in [-0.3, -0.25) is 9.78 Å². The zero-order chi connectivity index (χ0) is 16.7. The van der Waals surface area contributed by atoms with Gasteiger partial charge < -0.3 is 11.1 Å². The van der Waals surface area contributed by atoms with E-state index >= 15 is 0 Å². The molecule has 2 fully saturated rings. The number of nitrogens with two attached hydrogens (primary N) is 1. The van der Waals surface area contributed by atoms with E-state index in [-0.39, 0.29) is 42.1 Å². The number of carbonyl (C=O) groups is 1. The quantitative estimate of drug-likeness (QED) is 0.812. The predicted molar refractivity (Wildman–Crippen MR) is 106 cm³/mol. The smallest absolute Gasteiger partial charge is 0.252 e. The number of amides is 1. The van der Waals surface area contributed by atoms with E-state index in [1.165, 1.54) is 12.1 Å². The molecule has 1 aromatic carbocycles. The second-order valence-electron chi connectivity index (χ2n) is 7.18. The van der Waals surface area contributed by atoms with Gasteiger partial charge in [-0.25, -0.2) is 4.39 Å². The average Bonchev–Trinajstić information content (AvgIpc) is 3.34. The maximum absolute atomic E-state index is 13.7. The maximum Gasteiger partial charge on any atom is 0.252 e. The fourth-order valence-electron chi connectivity index (χ4n) is 3.73. The van der Waals surface area contributed by atoms with E-state index in [4.69, 9.17) is 5.73 Å². The first-order valence-electron chi connectivity index (χ1n) is 8.73. The topological polar surface area (TPSA) is 68.0 Å². The molecule has 0 unspecified atom stereocenters. The van der Waals surface area contributed by atoms with Gasteiger partial charge in [-0.05, 0) is 49.9 Å². The molecule has 3 N–H and O–H groups in total. The van der Waals surface area contributed by atoms with Crippen molar-refractivity contribution in [3.8, 4) is 0 Å². The van der Waals surface area contributed by atoms with Crippen LogP contribution in [0, 0.1) is 5.82 Å². The predicted octanol–water partition coefficient (Wildman–Crippen LogP) is 4.10. The molecular weight excluding hydrogens is 376 g/mol. The summed E-state index contributed by atoms with van der Waals surface area (Å²) in [4.78, 5) is 17.6. The number of halogens is 3. The largest absolute Gasteiger partial charge is 0.345 e. The molecule has 2 aliphatic rings. The lowest BCUT2D eigenvalue weighted by Crippen LogP contribution is -2.51. The SMILES string of the molecule is Cl.Cl.NCC1(NC(=O)c2cc(C3CC3)nc3ccc(F)cc23)CCCC1.